The minimum absolute atomic E-state index is 0.196. The van der Waals surface area contributed by atoms with Gasteiger partial charge in [-0.2, -0.15) is 0 Å². The largest absolute Gasteiger partial charge is 0.395 e. The molecule has 1 aliphatic rings. The van der Waals surface area contributed by atoms with Crippen LogP contribution in [0.1, 0.15) is 44.7 Å². The minimum atomic E-state index is -3.69. The first-order valence-electron chi connectivity index (χ1n) is 10.1. The molecule has 0 saturated heterocycles. The second-order valence-electron chi connectivity index (χ2n) is 8.27. The lowest BCUT2D eigenvalue weighted by Gasteiger charge is -2.18. The van der Waals surface area contributed by atoms with Gasteiger partial charge in [-0.1, -0.05) is 26.0 Å². The number of pyridine rings is 1. The van der Waals surface area contributed by atoms with Crippen molar-refractivity contribution >= 4 is 21.1 Å². The normalized spacial score (nSPS) is 15.9. The summed E-state index contributed by atoms with van der Waals surface area (Å²) in [6.07, 6.45) is 4.79. The van der Waals surface area contributed by atoms with Gasteiger partial charge in [0.15, 0.2) is 0 Å². The Kier molecular flexibility index (Phi) is 5.46. The Labute approximate surface area is 171 Å². The Morgan fingerprint density at radius 1 is 1.21 bits per heavy atom. The number of nitrogens with one attached hydrogen (secondary N) is 2. The quantitative estimate of drug-likeness (QED) is 0.524. The van der Waals surface area contributed by atoms with Crippen molar-refractivity contribution in [2.45, 2.75) is 50.0 Å². The van der Waals surface area contributed by atoms with Gasteiger partial charge in [-0.15, -0.1) is 0 Å². The highest BCUT2D eigenvalue weighted by molar-refractivity contribution is 7.89. The number of sulfonamides is 1. The van der Waals surface area contributed by atoms with E-state index in [9.17, 15) is 13.5 Å². The summed E-state index contributed by atoms with van der Waals surface area (Å²) in [5.41, 5.74) is 4.06. The smallest absolute Gasteiger partial charge is 0.240 e. The zero-order valence-electron chi connectivity index (χ0n) is 16.7. The molecule has 3 aromatic rings. The monoisotopic (exact) mass is 413 g/mol. The molecular weight excluding hydrogens is 386 g/mol. The summed E-state index contributed by atoms with van der Waals surface area (Å²) >= 11 is 0. The Morgan fingerprint density at radius 3 is 2.55 bits per heavy atom. The second kappa shape index (κ2) is 7.89. The first-order chi connectivity index (χ1) is 13.9. The minimum Gasteiger partial charge on any atom is -0.395 e. The molecule has 0 aliphatic heterocycles. The molecule has 2 aromatic heterocycles. The van der Waals surface area contributed by atoms with E-state index in [-0.39, 0.29) is 17.4 Å². The van der Waals surface area contributed by atoms with Gasteiger partial charge >= 0.3 is 0 Å². The molecule has 0 bridgehead atoms. The van der Waals surface area contributed by atoms with Crippen molar-refractivity contribution in [2.24, 2.45) is 5.92 Å². The van der Waals surface area contributed by atoms with E-state index in [0.717, 1.165) is 22.2 Å². The van der Waals surface area contributed by atoms with Crippen LogP contribution in [-0.4, -0.2) is 36.1 Å². The van der Waals surface area contributed by atoms with Crippen molar-refractivity contribution in [3.05, 3.63) is 48.3 Å². The van der Waals surface area contributed by atoms with E-state index >= 15 is 0 Å². The first-order valence-corrected chi connectivity index (χ1v) is 11.6. The van der Waals surface area contributed by atoms with Crippen LogP contribution in [0.25, 0.3) is 22.2 Å². The Bertz CT molecular complexity index is 1100. The number of aromatic amines is 1. The number of hydrogen-bond donors (Lipinski definition) is 3. The molecule has 1 saturated carbocycles. The SMILES string of the molecule is CC(C)C[C@H](CO)NS(=O)(=O)c1ccc(-c2ccnc3[nH]c(C4CC4)cc23)cc1. The van der Waals surface area contributed by atoms with Gasteiger partial charge < -0.3 is 10.1 Å². The van der Waals surface area contributed by atoms with Crippen LogP contribution in [0.2, 0.25) is 0 Å². The lowest BCUT2D eigenvalue weighted by Crippen LogP contribution is -2.38. The van der Waals surface area contributed by atoms with E-state index in [0.29, 0.717) is 12.3 Å². The van der Waals surface area contributed by atoms with Crippen molar-refractivity contribution in [3.8, 4) is 11.1 Å². The van der Waals surface area contributed by atoms with Gasteiger partial charge in [-0.05, 0) is 66.5 Å². The van der Waals surface area contributed by atoms with Crippen LogP contribution in [0.15, 0.2) is 47.5 Å². The van der Waals surface area contributed by atoms with Crippen LogP contribution in [0, 0.1) is 5.92 Å². The van der Waals surface area contributed by atoms with Gasteiger partial charge in [-0.25, -0.2) is 18.1 Å². The second-order valence-corrected chi connectivity index (χ2v) is 9.99. The molecule has 1 fully saturated rings. The van der Waals surface area contributed by atoms with Gasteiger partial charge in [0.1, 0.15) is 5.65 Å². The number of nitrogens with zero attached hydrogens (tertiary/aromatic N) is 1. The summed E-state index contributed by atoms with van der Waals surface area (Å²) in [7, 11) is -3.69. The Balaban J connectivity index is 1.60. The summed E-state index contributed by atoms with van der Waals surface area (Å²) in [5.74, 6) is 0.897. The molecule has 1 atom stereocenters. The van der Waals surface area contributed by atoms with Gasteiger partial charge in [0.05, 0.1) is 11.5 Å². The van der Waals surface area contributed by atoms with E-state index in [1.807, 2.05) is 32.0 Å². The van der Waals surface area contributed by atoms with Gasteiger partial charge in [0, 0.05) is 23.3 Å². The highest BCUT2D eigenvalue weighted by Gasteiger charge is 2.26. The molecule has 4 rings (SSSR count). The number of H-pyrrole nitrogens is 1. The molecule has 0 spiro atoms. The van der Waals surface area contributed by atoms with E-state index in [2.05, 4.69) is 20.8 Å². The highest BCUT2D eigenvalue weighted by atomic mass is 32.2. The maximum absolute atomic E-state index is 12.7. The number of fused-ring (bicyclic) bond motifs is 1. The first kappa shape index (κ1) is 20.1. The zero-order valence-corrected chi connectivity index (χ0v) is 17.5. The van der Waals surface area contributed by atoms with Gasteiger partial charge in [-0.3, -0.25) is 0 Å². The van der Waals surface area contributed by atoms with Crippen molar-refractivity contribution in [2.75, 3.05) is 6.61 Å². The van der Waals surface area contributed by atoms with Crippen LogP contribution in [0.5, 0.6) is 0 Å². The molecule has 1 aromatic carbocycles. The van der Waals surface area contributed by atoms with Crippen LogP contribution >= 0.6 is 0 Å². The molecule has 7 heteroatoms. The molecular formula is C22H27N3O3S. The zero-order chi connectivity index (χ0) is 20.6. The fourth-order valence-electron chi connectivity index (χ4n) is 3.74. The maximum Gasteiger partial charge on any atom is 0.240 e. The average Bonchev–Trinajstić information content (AvgIpc) is 3.45. The third kappa shape index (κ3) is 4.37. The molecule has 154 valence electrons. The van der Waals surface area contributed by atoms with E-state index < -0.39 is 16.1 Å². The number of hydrogen-bond acceptors (Lipinski definition) is 4. The standard InChI is InChI=1S/C22H27N3O3S/c1-14(2)11-17(13-26)25-29(27,28)18-7-5-15(6-8-18)19-9-10-23-22-20(19)12-21(24-22)16-3-4-16/h5-10,12,14,16-17,25-26H,3-4,11,13H2,1-2H3,(H,23,24)/t17-/m1/s1. The van der Waals surface area contributed by atoms with Crippen LogP contribution in [0.3, 0.4) is 0 Å². The van der Waals surface area contributed by atoms with Crippen molar-refractivity contribution in [3.63, 3.8) is 0 Å². The third-order valence-corrected chi connectivity index (χ3v) is 6.88. The van der Waals surface area contributed by atoms with E-state index in [1.54, 1.807) is 18.3 Å². The van der Waals surface area contributed by atoms with Crippen LogP contribution in [-0.2, 0) is 10.0 Å². The van der Waals surface area contributed by atoms with E-state index in [1.165, 1.54) is 18.5 Å². The number of benzene rings is 1. The number of aliphatic hydroxyl groups excluding tert-OH is 1. The molecule has 29 heavy (non-hydrogen) atoms. The van der Waals surface area contributed by atoms with Crippen molar-refractivity contribution < 1.29 is 13.5 Å². The van der Waals surface area contributed by atoms with Crippen LogP contribution < -0.4 is 4.72 Å². The third-order valence-electron chi connectivity index (χ3n) is 5.34. The lowest BCUT2D eigenvalue weighted by atomic mass is 10.0. The molecule has 3 N–H and O–H groups in total. The molecule has 6 nitrogen and oxygen atoms in total. The molecule has 0 amide bonds. The molecule has 0 radical (unpaired) electrons. The fourth-order valence-corrected chi connectivity index (χ4v) is 4.98. The van der Waals surface area contributed by atoms with Crippen molar-refractivity contribution in [1.82, 2.24) is 14.7 Å². The van der Waals surface area contributed by atoms with E-state index in [4.69, 9.17) is 0 Å². The summed E-state index contributed by atoms with van der Waals surface area (Å²) in [6.45, 7) is 3.77. The molecule has 0 unspecified atom stereocenters. The Morgan fingerprint density at radius 2 is 1.93 bits per heavy atom. The molecule has 2 heterocycles. The number of rotatable bonds is 8. The Hall–Kier alpha value is -2.22. The predicted octanol–water partition coefficient (Wildman–Crippen LogP) is 3.79. The summed E-state index contributed by atoms with van der Waals surface area (Å²) in [5, 5.41) is 10.5. The maximum atomic E-state index is 12.7. The van der Waals surface area contributed by atoms with Crippen molar-refractivity contribution in [1.29, 1.82) is 0 Å². The number of aliphatic hydroxyl groups is 1. The fraction of sp³-hybridized carbons (Fsp3) is 0.409. The average molecular weight is 414 g/mol. The number of aromatic nitrogens is 2. The molecule has 1 aliphatic carbocycles. The summed E-state index contributed by atoms with van der Waals surface area (Å²) < 4.78 is 28.0. The van der Waals surface area contributed by atoms with Gasteiger partial charge in [0.25, 0.3) is 0 Å². The summed E-state index contributed by atoms with van der Waals surface area (Å²) in [6, 6.07) is 10.5. The summed E-state index contributed by atoms with van der Waals surface area (Å²) in [4.78, 5) is 8.04. The van der Waals surface area contributed by atoms with Crippen LogP contribution in [0.4, 0.5) is 0 Å². The lowest BCUT2D eigenvalue weighted by molar-refractivity contribution is 0.240. The predicted molar refractivity (Wildman–Crippen MR) is 114 cm³/mol. The van der Waals surface area contributed by atoms with Gasteiger partial charge in [0.2, 0.25) is 10.0 Å². The highest BCUT2D eigenvalue weighted by Crippen LogP contribution is 2.41. The topological polar surface area (TPSA) is 95.1 Å².